The summed E-state index contributed by atoms with van der Waals surface area (Å²) in [6.45, 7) is 5.65. The van der Waals surface area contributed by atoms with Gasteiger partial charge in [0.15, 0.2) is 0 Å². The third kappa shape index (κ3) is 3.84. The molecule has 2 aromatic carbocycles. The van der Waals surface area contributed by atoms with E-state index < -0.39 is 10.1 Å². The molecule has 23 heavy (non-hydrogen) atoms. The molecule has 0 saturated heterocycles. The average Bonchev–Trinajstić information content (AvgIpc) is 2.50. The minimum Gasteiger partial charge on any atom is -0.379 e. The van der Waals surface area contributed by atoms with Crippen LogP contribution in [0.15, 0.2) is 41.3 Å². The van der Waals surface area contributed by atoms with Gasteiger partial charge in [0.25, 0.3) is 0 Å². The molecule has 0 aliphatic heterocycles. The molecule has 0 saturated carbocycles. The Kier molecular flexibility index (Phi) is 4.98. The molecule has 0 amide bonds. The van der Waals surface area contributed by atoms with Crippen molar-refractivity contribution in [2.24, 2.45) is 0 Å². The molecular weight excluding hydrogens is 334 g/mol. The van der Waals surface area contributed by atoms with Gasteiger partial charge in [0.05, 0.1) is 11.6 Å². The third-order valence-electron chi connectivity index (χ3n) is 3.38. The predicted molar refractivity (Wildman–Crippen MR) is 89.2 cm³/mol. The van der Waals surface area contributed by atoms with E-state index in [1.165, 1.54) is 24.3 Å². The van der Waals surface area contributed by atoms with E-state index in [-0.39, 0.29) is 16.6 Å². The van der Waals surface area contributed by atoms with Crippen molar-refractivity contribution in [3.05, 3.63) is 58.1 Å². The van der Waals surface area contributed by atoms with Crippen LogP contribution in [0, 0.1) is 18.3 Å². The number of aryl methyl sites for hydroxylation is 1. The molecular formula is C17H16ClNO3S. The largest absolute Gasteiger partial charge is 0.379 e. The standard InChI is InChI=1S/C17H16ClNO3S/c1-11(2)15-9-16(18)12(3)8-17(15)22-23(20,21)14-6-4-13(10-19)5-7-14/h4-9,11H,1-3H3. The summed E-state index contributed by atoms with van der Waals surface area (Å²) in [4.78, 5) is -0.00110. The van der Waals surface area contributed by atoms with Crippen molar-refractivity contribution in [3.63, 3.8) is 0 Å². The van der Waals surface area contributed by atoms with Gasteiger partial charge in [0, 0.05) is 5.02 Å². The summed E-state index contributed by atoms with van der Waals surface area (Å²) in [5, 5.41) is 9.34. The Bertz CT molecular complexity index is 866. The summed E-state index contributed by atoms with van der Waals surface area (Å²) in [6.07, 6.45) is 0. The van der Waals surface area contributed by atoms with E-state index in [2.05, 4.69) is 0 Å². The van der Waals surface area contributed by atoms with Gasteiger partial charge in [-0.2, -0.15) is 13.7 Å². The minimum atomic E-state index is -3.98. The highest BCUT2D eigenvalue weighted by Crippen LogP contribution is 2.33. The predicted octanol–water partition coefficient (Wildman–Crippen LogP) is 4.41. The fraction of sp³-hybridized carbons (Fsp3) is 0.235. The Morgan fingerprint density at radius 2 is 1.78 bits per heavy atom. The molecule has 4 nitrogen and oxygen atoms in total. The molecule has 0 spiro atoms. The van der Waals surface area contributed by atoms with Gasteiger partial charge in [-0.25, -0.2) is 0 Å². The Hall–Kier alpha value is -2.03. The summed E-state index contributed by atoms with van der Waals surface area (Å²) in [7, 11) is -3.98. The SMILES string of the molecule is Cc1cc(OS(=O)(=O)c2ccc(C#N)cc2)c(C(C)C)cc1Cl. The molecule has 0 bridgehead atoms. The molecule has 0 aromatic heterocycles. The number of hydrogen-bond donors (Lipinski definition) is 0. The summed E-state index contributed by atoms with van der Waals surface area (Å²) >= 11 is 6.12. The van der Waals surface area contributed by atoms with Gasteiger partial charge in [0.2, 0.25) is 0 Å². The van der Waals surface area contributed by atoms with Crippen LogP contribution in [0.2, 0.25) is 5.02 Å². The van der Waals surface area contributed by atoms with Crippen LogP contribution in [0.25, 0.3) is 0 Å². The molecule has 120 valence electrons. The topological polar surface area (TPSA) is 67.2 Å². The first-order valence-electron chi connectivity index (χ1n) is 6.99. The van der Waals surface area contributed by atoms with Gasteiger partial charge in [-0.1, -0.05) is 25.4 Å². The Labute approximate surface area is 141 Å². The quantitative estimate of drug-likeness (QED) is 0.767. The van der Waals surface area contributed by atoms with Crippen LogP contribution < -0.4 is 4.18 Å². The smallest absolute Gasteiger partial charge is 0.339 e. The maximum absolute atomic E-state index is 12.4. The normalized spacial score (nSPS) is 11.3. The van der Waals surface area contributed by atoms with E-state index in [1.807, 2.05) is 19.9 Å². The zero-order valence-electron chi connectivity index (χ0n) is 13.0. The van der Waals surface area contributed by atoms with Gasteiger partial charge in [-0.05, 0) is 60.4 Å². The maximum atomic E-state index is 12.4. The summed E-state index contributed by atoms with van der Waals surface area (Å²) in [5.74, 6) is 0.325. The first-order chi connectivity index (χ1) is 10.7. The van der Waals surface area contributed by atoms with E-state index in [4.69, 9.17) is 21.0 Å². The lowest BCUT2D eigenvalue weighted by Crippen LogP contribution is -2.11. The summed E-state index contributed by atoms with van der Waals surface area (Å²) in [6, 6.07) is 10.9. The highest BCUT2D eigenvalue weighted by molar-refractivity contribution is 7.87. The van der Waals surface area contributed by atoms with Crippen molar-refractivity contribution in [2.75, 3.05) is 0 Å². The van der Waals surface area contributed by atoms with Gasteiger partial charge in [0.1, 0.15) is 10.6 Å². The molecule has 0 radical (unpaired) electrons. The number of rotatable bonds is 4. The van der Waals surface area contributed by atoms with Crippen molar-refractivity contribution in [1.82, 2.24) is 0 Å². The maximum Gasteiger partial charge on any atom is 0.339 e. The molecule has 0 unspecified atom stereocenters. The lowest BCUT2D eigenvalue weighted by atomic mass is 10.0. The van der Waals surface area contributed by atoms with Crippen LogP contribution in [0.3, 0.4) is 0 Å². The van der Waals surface area contributed by atoms with Crippen molar-refractivity contribution >= 4 is 21.7 Å². The zero-order chi connectivity index (χ0) is 17.2. The van der Waals surface area contributed by atoms with Crippen LogP contribution in [0.5, 0.6) is 5.75 Å². The lowest BCUT2D eigenvalue weighted by molar-refractivity contribution is 0.481. The van der Waals surface area contributed by atoms with E-state index in [9.17, 15) is 8.42 Å². The molecule has 0 atom stereocenters. The average molecular weight is 350 g/mol. The van der Waals surface area contributed by atoms with Crippen LogP contribution in [-0.2, 0) is 10.1 Å². The van der Waals surface area contributed by atoms with Crippen molar-refractivity contribution in [3.8, 4) is 11.8 Å². The first kappa shape index (κ1) is 17.3. The summed E-state index contributed by atoms with van der Waals surface area (Å²) in [5.41, 5.74) is 1.84. The fourth-order valence-corrected chi connectivity index (χ4v) is 3.17. The highest BCUT2D eigenvalue weighted by atomic mass is 35.5. The number of nitriles is 1. The van der Waals surface area contributed by atoms with E-state index in [0.29, 0.717) is 10.6 Å². The van der Waals surface area contributed by atoms with Gasteiger partial charge < -0.3 is 4.18 Å². The minimum absolute atomic E-state index is 0.00110. The van der Waals surface area contributed by atoms with Crippen molar-refractivity contribution in [1.29, 1.82) is 5.26 Å². The molecule has 2 rings (SSSR count). The molecule has 6 heteroatoms. The second kappa shape index (κ2) is 6.61. The zero-order valence-corrected chi connectivity index (χ0v) is 14.6. The van der Waals surface area contributed by atoms with Crippen LogP contribution in [0.1, 0.15) is 36.5 Å². The molecule has 0 N–H and O–H groups in total. The molecule has 0 heterocycles. The molecule has 0 fully saturated rings. The lowest BCUT2D eigenvalue weighted by Gasteiger charge is -2.15. The second-order valence-corrected chi connectivity index (χ2v) is 7.42. The number of benzene rings is 2. The van der Waals surface area contributed by atoms with Crippen molar-refractivity contribution in [2.45, 2.75) is 31.6 Å². The van der Waals surface area contributed by atoms with Crippen LogP contribution >= 0.6 is 11.6 Å². The van der Waals surface area contributed by atoms with Gasteiger partial charge in [-0.15, -0.1) is 0 Å². The van der Waals surface area contributed by atoms with Gasteiger partial charge >= 0.3 is 10.1 Å². The second-order valence-electron chi connectivity index (χ2n) is 5.47. The number of hydrogen-bond acceptors (Lipinski definition) is 4. The Morgan fingerprint density at radius 3 is 2.30 bits per heavy atom. The van der Waals surface area contributed by atoms with E-state index in [0.717, 1.165) is 11.1 Å². The molecule has 0 aliphatic rings. The molecule has 0 aliphatic carbocycles. The molecule has 2 aromatic rings. The Morgan fingerprint density at radius 1 is 1.17 bits per heavy atom. The van der Waals surface area contributed by atoms with E-state index in [1.54, 1.807) is 19.1 Å². The Balaban J connectivity index is 2.44. The van der Waals surface area contributed by atoms with Gasteiger partial charge in [-0.3, -0.25) is 0 Å². The number of halogens is 1. The van der Waals surface area contributed by atoms with Crippen LogP contribution in [-0.4, -0.2) is 8.42 Å². The first-order valence-corrected chi connectivity index (χ1v) is 8.78. The summed E-state index contributed by atoms with van der Waals surface area (Å²) < 4.78 is 30.2. The number of nitrogens with zero attached hydrogens (tertiary/aromatic N) is 1. The fourth-order valence-electron chi connectivity index (χ4n) is 2.06. The van der Waals surface area contributed by atoms with E-state index >= 15 is 0 Å². The van der Waals surface area contributed by atoms with Crippen LogP contribution in [0.4, 0.5) is 0 Å². The monoisotopic (exact) mass is 349 g/mol. The van der Waals surface area contributed by atoms with Crippen molar-refractivity contribution < 1.29 is 12.6 Å². The third-order valence-corrected chi connectivity index (χ3v) is 5.04. The highest BCUT2D eigenvalue weighted by Gasteiger charge is 2.20.